The zero-order chi connectivity index (χ0) is 12.8. The van der Waals surface area contributed by atoms with Gasteiger partial charge in [-0.25, -0.2) is 4.98 Å². The van der Waals surface area contributed by atoms with Gasteiger partial charge in [0.2, 0.25) is 0 Å². The lowest BCUT2D eigenvalue weighted by Gasteiger charge is -2.21. The van der Waals surface area contributed by atoms with Crippen LogP contribution in [-0.4, -0.2) is 28.9 Å². The number of hydrogen-bond donors (Lipinski definition) is 0. The summed E-state index contributed by atoms with van der Waals surface area (Å²) in [6, 6.07) is 1.89. The van der Waals surface area contributed by atoms with Crippen molar-refractivity contribution in [1.29, 1.82) is 0 Å². The third-order valence-electron chi connectivity index (χ3n) is 2.56. The molecule has 0 unspecified atom stereocenters. The number of carbonyl (C=O) groups excluding carboxylic acids is 1. The lowest BCUT2D eigenvalue weighted by molar-refractivity contribution is 0.0748. The predicted octanol–water partition coefficient (Wildman–Crippen LogP) is 3.41. The standard InChI is InChI=1S/C13H19BrN2O/c1-4-8-16(9-5-2)13(17)12-11(14)10(3)6-7-15-12/h6-7H,4-5,8-9H2,1-3H3. The molecule has 0 spiro atoms. The van der Waals surface area contributed by atoms with Crippen LogP contribution < -0.4 is 0 Å². The number of pyridine rings is 1. The monoisotopic (exact) mass is 298 g/mol. The van der Waals surface area contributed by atoms with Gasteiger partial charge < -0.3 is 4.90 Å². The summed E-state index contributed by atoms with van der Waals surface area (Å²) in [5.74, 6) is 0.0178. The molecule has 0 aliphatic heterocycles. The van der Waals surface area contributed by atoms with Crippen LogP contribution in [0.4, 0.5) is 0 Å². The van der Waals surface area contributed by atoms with Gasteiger partial charge >= 0.3 is 0 Å². The van der Waals surface area contributed by atoms with Crippen molar-refractivity contribution in [1.82, 2.24) is 9.88 Å². The first-order valence-electron chi connectivity index (χ1n) is 6.02. The third kappa shape index (κ3) is 3.53. The van der Waals surface area contributed by atoms with Crippen molar-refractivity contribution in [2.75, 3.05) is 13.1 Å². The highest BCUT2D eigenvalue weighted by molar-refractivity contribution is 9.10. The number of halogens is 1. The van der Waals surface area contributed by atoms with E-state index in [0.717, 1.165) is 36.0 Å². The Hall–Kier alpha value is -0.900. The first-order chi connectivity index (χ1) is 8.11. The van der Waals surface area contributed by atoms with Crippen molar-refractivity contribution in [2.24, 2.45) is 0 Å². The molecular weight excluding hydrogens is 280 g/mol. The Balaban J connectivity index is 2.96. The summed E-state index contributed by atoms with van der Waals surface area (Å²) >= 11 is 3.44. The fourth-order valence-corrected chi connectivity index (χ4v) is 2.10. The van der Waals surface area contributed by atoms with Gasteiger partial charge in [0.15, 0.2) is 0 Å². The zero-order valence-corrected chi connectivity index (χ0v) is 12.2. The quantitative estimate of drug-likeness (QED) is 0.834. The summed E-state index contributed by atoms with van der Waals surface area (Å²) in [5, 5.41) is 0. The number of rotatable bonds is 5. The van der Waals surface area contributed by atoms with Crippen LogP contribution in [-0.2, 0) is 0 Å². The Morgan fingerprint density at radius 3 is 2.47 bits per heavy atom. The van der Waals surface area contributed by atoms with Crippen molar-refractivity contribution in [3.8, 4) is 0 Å². The number of carbonyl (C=O) groups is 1. The van der Waals surface area contributed by atoms with Gasteiger partial charge in [0.1, 0.15) is 5.69 Å². The van der Waals surface area contributed by atoms with Crippen molar-refractivity contribution < 1.29 is 4.79 Å². The summed E-state index contributed by atoms with van der Waals surface area (Å²) in [6.45, 7) is 7.69. The SMILES string of the molecule is CCCN(CCC)C(=O)c1nccc(C)c1Br. The molecule has 0 bridgehead atoms. The molecule has 0 saturated carbocycles. The van der Waals surface area contributed by atoms with Crippen LogP contribution in [0.25, 0.3) is 0 Å². The highest BCUT2D eigenvalue weighted by Gasteiger charge is 2.18. The number of nitrogens with zero attached hydrogens (tertiary/aromatic N) is 2. The van der Waals surface area contributed by atoms with Crippen molar-refractivity contribution in [2.45, 2.75) is 33.6 Å². The first kappa shape index (κ1) is 14.2. The Morgan fingerprint density at radius 2 is 1.94 bits per heavy atom. The van der Waals surface area contributed by atoms with E-state index in [1.165, 1.54) is 0 Å². The van der Waals surface area contributed by atoms with Gasteiger partial charge in [-0.1, -0.05) is 13.8 Å². The van der Waals surface area contributed by atoms with Gasteiger partial charge in [-0.05, 0) is 47.3 Å². The molecule has 3 nitrogen and oxygen atoms in total. The molecular formula is C13H19BrN2O. The first-order valence-corrected chi connectivity index (χ1v) is 6.81. The van der Waals surface area contributed by atoms with Crippen molar-refractivity contribution >= 4 is 21.8 Å². The maximum Gasteiger partial charge on any atom is 0.273 e. The van der Waals surface area contributed by atoms with E-state index in [1.807, 2.05) is 17.9 Å². The molecule has 0 aliphatic carbocycles. The second-order valence-corrected chi connectivity index (χ2v) is 4.88. The van der Waals surface area contributed by atoms with Crippen LogP contribution in [0, 0.1) is 6.92 Å². The van der Waals surface area contributed by atoms with E-state index >= 15 is 0 Å². The van der Waals surface area contributed by atoms with Crippen LogP contribution >= 0.6 is 15.9 Å². The smallest absolute Gasteiger partial charge is 0.273 e. The molecule has 0 aliphatic rings. The fourth-order valence-electron chi connectivity index (χ4n) is 1.69. The number of hydrogen-bond acceptors (Lipinski definition) is 2. The molecule has 4 heteroatoms. The summed E-state index contributed by atoms with van der Waals surface area (Å²) in [5.41, 5.74) is 1.56. The minimum Gasteiger partial charge on any atom is -0.337 e. The minimum atomic E-state index is 0.0178. The number of aromatic nitrogens is 1. The van der Waals surface area contributed by atoms with E-state index in [0.29, 0.717) is 5.69 Å². The molecule has 0 saturated heterocycles. The number of amides is 1. The average molecular weight is 299 g/mol. The van der Waals surface area contributed by atoms with Crippen LogP contribution in [0.3, 0.4) is 0 Å². The zero-order valence-electron chi connectivity index (χ0n) is 10.7. The van der Waals surface area contributed by atoms with Gasteiger partial charge in [0, 0.05) is 19.3 Å². The van der Waals surface area contributed by atoms with Crippen molar-refractivity contribution in [3.63, 3.8) is 0 Å². The third-order valence-corrected chi connectivity index (χ3v) is 3.56. The minimum absolute atomic E-state index is 0.0178. The molecule has 0 N–H and O–H groups in total. The molecule has 0 fully saturated rings. The molecule has 1 aromatic rings. The maximum atomic E-state index is 12.3. The molecule has 0 atom stereocenters. The van der Waals surface area contributed by atoms with Gasteiger partial charge in [-0.3, -0.25) is 4.79 Å². The molecule has 1 heterocycles. The normalized spacial score (nSPS) is 10.4. The highest BCUT2D eigenvalue weighted by Crippen LogP contribution is 2.20. The molecule has 1 amide bonds. The Kier molecular flexibility index (Phi) is 5.62. The van der Waals surface area contributed by atoms with Gasteiger partial charge in [0.05, 0.1) is 4.47 Å². The van der Waals surface area contributed by atoms with Gasteiger partial charge in [0.25, 0.3) is 5.91 Å². The topological polar surface area (TPSA) is 33.2 Å². The van der Waals surface area contributed by atoms with Crippen LogP contribution in [0.2, 0.25) is 0 Å². The summed E-state index contributed by atoms with van der Waals surface area (Å²) in [6.07, 6.45) is 3.62. The van der Waals surface area contributed by atoms with E-state index < -0.39 is 0 Å². The molecule has 1 aromatic heterocycles. The Labute approximate surface area is 111 Å². The lowest BCUT2D eigenvalue weighted by Crippen LogP contribution is -2.33. The Morgan fingerprint density at radius 1 is 1.35 bits per heavy atom. The molecule has 0 aromatic carbocycles. The van der Waals surface area contributed by atoms with E-state index in [4.69, 9.17) is 0 Å². The van der Waals surface area contributed by atoms with Crippen molar-refractivity contribution in [3.05, 3.63) is 28.0 Å². The molecule has 1 rings (SSSR count). The lowest BCUT2D eigenvalue weighted by atomic mass is 10.2. The van der Waals surface area contributed by atoms with E-state index in [9.17, 15) is 4.79 Å². The van der Waals surface area contributed by atoms with E-state index in [2.05, 4.69) is 34.8 Å². The van der Waals surface area contributed by atoms with Crippen LogP contribution in [0.1, 0.15) is 42.7 Å². The maximum absolute atomic E-state index is 12.3. The second kappa shape index (κ2) is 6.74. The van der Waals surface area contributed by atoms with E-state index in [-0.39, 0.29) is 5.91 Å². The highest BCUT2D eigenvalue weighted by atomic mass is 79.9. The Bertz CT molecular complexity index is 387. The van der Waals surface area contributed by atoms with E-state index in [1.54, 1.807) is 6.20 Å². The second-order valence-electron chi connectivity index (χ2n) is 4.08. The van der Waals surface area contributed by atoms with Gasteiger partial charge in [-0.2, -0.15) is 0 Å². The number of aryl methyl sites for hydroxylation is 1. The molecule has 0 radical (unpaired) electrons. The predicted molar refractivity (Wildman–Crippen MR) is 73.2 cm³/mol. The summed E-state index contributed by atoms with van der Waals surface area (Å²) in [4.78, 5) is 18.4. The molecule has 94 valence electrons. The summed E-state index contributed by atoms with van der Waals surface area (Å²) in [7, 11) is 0. The van der Waals surface area contributed by atoms with Crippen LogP contribution in [0.15, 0.2) is 16.7 Å². The average Bonchev–Trinajstić information content (AvgIpc) is 2.31. The molecule has 17 heavy (non-hydrogen) atoms. The largest absolute Gasteiger partial charge is 0.337 e. The summed E-state index contributed by atoms with van der Waals surface area (Å²) < 4.78 is 0.808. The van der Waals surface area contributed by atoms with Gasteiger partial charge in [-0.15, -0.1) is 0 Å². The fraction of sp³-hybridized carbons (Fsp3) is 0.538. The van der Waals surface area contributed by atoms with Crippen LogP contribution in [0.5, 0.6) is 0 Å².